The number of halogens is 2. The maximum absolute atomic E-state index is 12.3. The smallest absolute Gasteiger partial charge is 0.387 e. The Morgan fingerprint density at radius 1 is 1.45 bits per heavy atom. The minimum Gasteiger partial charge on any atom is -0.435 e. The highest BCUT2D eigenvalue weighted by Gasteiger charge is 2.20. The molecule has 0 radical (unpaired) electrons. The van der Waals surface area contributed by atoms with Crippen LogP contribution in [0, 0.1) is 0 Å². The molecule has 0 fully saturated rings. The van der Waals surface area contributed by atoms with Crippen LogP contribution in [0.2, 0.25) is 0 Å². The molecule has 2 aromatic rings. The SMILES string of the molecule is Cn1cc(CNC2CCCc3cc(OC(F)F)ccc32)cn1. The van der Waals surface area contributed by atoms with E-state index in [0.717, 1.165) is 36.9 Å². The molecular weight excluding hydrogens is 288 g/mol. The number of rotatable bonds is 5. The lowest BCUT2D eigenvalue weighted by Crippen LogP contribution is -2.24. The molecule has 1 aliphatic rings. The predicted molar refractivity (Wildman–Crippen MR) is 78.8 cm³/mol. The Balaban J connectivity index is 1.70. The third-order valence-electron chi connectivity index (χ3n) is 3.96. The van der Waals surface area contributed by atoms with Gasteiger partial charge in [0.15, 0.2) is 0 Å². The van der Waals surface area contributed by atoms with Crippen molar-refractivity contribution in [1.82, 2.24) is 15.1 Å². The van der Waals surface area contributed by atoms with Gasteiger partial charge >= 0.3 is 6.61 Å². The second-order valence-corrected chi connectivity index (χ2v) is 5.59. The maximum Gasteiger partial charge on any atom is 0.387 e. The number of fused-ring (bicyclic) bond motifs is 1. The molecule has 3 rings (SSSR count). The molecule has 0 amide bonds. The molecule has 0 aliphatic heterocycles. The van der Waals surface area contributed by atoms with E-state index in [2.05, 4.69) is 15.2 Å². The number of aryl methyl sites for hydroxylation is 2. The van der Waals surface area contributed by atoms with Crippen molar-refractivity contribution in [3.8, 4) is 5.75 Å². The molecule has 22 heavy (non-hydrogen) atoms. The highest BCUT2D eigenvalue weighted by molar-refractivity contribution is 5.39. The van der Waals surface area contributed by atoms with Gasteiger partial charge in [-0.3, -0.25) is 4.68 Å². The summed E-state index contributed by atoms with van der Waals surface area (Å²) in [5, 5.41) is 7.68. The van der Waals surface area contributed by atoms with Crippen molar-refractivity contribution in [3.05, 3.63) is 47.3 Å². The summed E-state index contributed by atoms with van der Waals surface area (Å²) in [6.07, 6.45) is 6.81. The molecule has 1 aliphatic carbocycles. The second kappa shape index (κ2) is 6.44. The molecule has 118 valence electrons. The molecule has 4 nitrogen and oxygen atoms in total. The van der Waals surface area contributed by atoms with Crippen LogP contribution in [0.25, 0.3) is 0 Å². The van der Waals surface area contributed by atoms with Gasteiger partial charge in [0.2, 0.25) is 0 Å². The molecule has 1 atom stereocenters. The summed E-state index contributed by atoms with van der Waals surface area (Å²) in [4.78, 5) is 0. The molecule has 0 saturated heterocycles. The average molecular weight is 307 g/mol. The molecule has 1 N–H and O–H groups in total. The van der Waals surface area contributed by atoms with Gasteiger partial charge in [0.05, 0.1) is 6.20 Å². The van der Waals surface area contributed by atoms with Crippen LogP contribution in [-0.4, -0.2) is 16.4 Å². The van der Waals surface area contributed by atoms with Crippen molar-refractivity contribution in [2.75, 3.05) is 0 Å². The summed E-state index contributed by atoms with van der Waals surface area (Å²) >= 11 is 0. The van der Waals surface area contributed by atoms with E-state index in [9.17, 15) is 8.78 Å². The number of nitrogens with one attached hydrogen (secondary N) is 1. The van der Waals surface area contributed by atoms with E-state index in [0.29, 0.717) is 0 Å². The van der Waals surface area contributed by atoms with Gasteiger partial charge < -0.3 is 10.1 Å². The van der Waals surface area contributed by atoms with E-state index >= 15 is 0 Å². The van der Waals surface area contributed by atoms with Crippen molar-refractivity contribution in [2.24, 2.45) is 7.05 Å². The van der Waals surface area contributed by atoms with Crippen LogP contribution in [0.5, 0.6) is 5.75 Å². The zero-order valence-corrected chi connectivity index (χ0v) is 12.4. The van der Waals surface area contributed by atoms with E-state index in [1.54, 1.807) is 16.8 Å². The van der Waals surface area contributed by atoms with Gasteiger partial charge in [0, 0.05) is 31.4 Å². The van der Waals surface area contributed by atoms with Gasteiger partial charge in [-0.15, -0.1) is 0 Å². The number of benzene rings is 1. The predicted octanol–water partition coefficient (Wildman–Crippen LogP) is 3.19. The lowest BCUT2D eigenvalue weighted by Gasteiger charge is -2.27. The maximum atomic E-state index is 12.3. The quantitative estimate of drug-likeness (QED) is 0.922. The fourth-order valence-corrected chi connectivity index (χ4v) is 2.98. The average Bonchev–Trinajstić information content (AvgIpc) is 2.89. The van der Waals surface area contributed by atoms with Crippen LogP contribution in [0.4, 0.5) is 8.78 Å². The van der Waals surface area contributed by atoms with E-state index in [-0.39, 0.29) is 11.8 Å². The Morgan fingerprint density at radius 3 is 3.05 bits per heavy atom. The Morgan fingerprint density at radius 2 is 2.32 bits per heavy atom. The monoisotopic (exact) mass is 307 g/mol. The summed E-state index contributed by atoms with van der Waals surface area (Å²) in [5.74, 6) is 0.238. The molecule has 1 unspecified atom stereocenters. The number of nitrogens with zero attached hydrogens (tertiary/aromatic N) is 2. The molecule has 0 spiro atoms. The van der Waals surface area contributed by atoms with Crippen molar-refractivity contribution in [3.63, 3.8) is 0 Å². The standard InChI is InChI=1S/C16H19F2N3O/c1-21-10-11(9-20-21)8-19-15-4-2-3-12-7-13(22-16(17)18)5-6-14(12)15/h5-7,9-10,15-16,19H,2-4,8H2,1H3. The Bertz CT molecular complexity index is 642. The zero-order valence-electron chi connectivity index (χ0n) is 12.4. The summed E-state index contributed by atoms with van der Waals surface area (Å²) in [5.41, 5.74) is 3.40. The third-order valence-corrected chi connectivity index (χ3v) is 3.96. The summed E-state index contributed by atoms with van der Waals surface area (Å²) < 4.78 is 30.9. The van der Waals surface area contributed by atoms with Crippen LogP contribution in [0.1, 0.15) is 35.6 Å². The first kappa shape index (κ1) is 15.0. The minimum absolute atomic E-state index is 0.238. The van der Waals surface area contributed by atoms with Crippen LogP contribution in [0.3, 0.4) is 0 Å². The van der Waals surface area contributed by atoms with Gasteiger partial charge in [-0.2, -0.15) is 13.9 Å². The highest BCUT2D eigenvalue weighted by Crippen LogP contribution is 2.32. The van der Waals surface area contributed by atoms with E-state index in [1.165, 1.54) is 5.56 Å². The fourth-order valence-electron chi connectivity index (χ4n) is 2.98. The Kier molecular flexibility index (Phi) is 4.38. The zero-order chi connectivity index (χ0) is 15.5. The van der Waals surface area contributed by atoms with E-state index in [1.807, 2.05) is 25.5 Å². The molecular formula is C16H19F2N3O. The highest BCUT2D eigenvalue weighted by atomic mass is 19.3. The van der Waals surface area contributed by atoms with Gasteiger partial charge in [0.1, 0.15) is 5.75 Å². The first-order chi connectivity index (χ1) is 10.6. The fraction of sp³-hybridized carbons (Fsp3) is 0.438. The lowest BCUT2D eigenvalue weighted by molar-refractivity contribution is -0.0499. The van der Waals surface area contributed by atoms with Crippen molar-refractivity contribution in [2.45, 2.75) is 38.5 Å². The number of alkyl halides is 2. The molecule has 1 heterocycles. The van der Waals surface area contributed by atoms with E-state index in [4.69, 9.17) is 0 Å². The first-order valence-electron chi connectivity index (χ1n) is 7.40. The second-order valence-electron chi connectivity index (χ2n) is 5.59. The largest absolute Gasteiger partial charge is 0.435 e. The summed E-state index contributed by atoms with van der Waals surface area (Å²) in [7, 11) is 1.89. The molecule has 1 aromatic carbocycles. The minimum atomic E-state index is -2.78. The molecule has 0 saturated carbocycles. The molecule has 0 bridgehead atoms. The Hall–Kier alpha value is -1.95. The molecule has 6 heteroatoms. The van der Waals surface area contributed by atoms with E-state index < -0.39 is 6.61 Å². The van der Waals surface area contributed by atoms with Crippen LogP contribution >= 0.6 is 0 Å². The molecule has 1 aromatic heterocycles. The Labute approximate surface area is 128 Å². The van der Waals surface area contributed by atoms with Crippen LogP contribution in [-0.2, 0) is 20.0 Å². The van der Waals surface area contributed by atoms with Crippen molar-refractivity contribution >= 4 is 0 Å². The summed E-state index contributed by atoms with van der Waals surface area (Å²) in [6, 6.07) is 5.49. The van der Waals surface area contributed by atoms with Gasteiger partial charge in [-0.25, -0.2) is 0 Å². The van der Waals surface area contributed by atoms with Crippen molar-refractivity contribution < 1.29 is 13.5 Å². The van der Waals surface area contributed by atoms with Gasteiger partial charge in [0.25, 0.3) is 0 Å². The number of hydrogen-bond acceptors (Lipinski definition) is 3. The topological polar surface area (TPSA) is 39.1 Å². The third kappa shape index (κ3) is 3.44. The summed E-state index contributed by atoms with van der Waals surface area (Å²) in [6.45, 7) is -2.03. The number of aromatic nitrogens is 2. The van der Waals surface area contributed by atoms with Crippen LogP contribution in [0.15, 0.2) is 30.6 Å². The first-order valence-corrected chi connectivity index (χ1v) is 7.40. The van der Waals surface area contributed by atoms with Gasteiger partial charge in [-0.05, 0) is 42.5 Å². The normalized spacial score (nSPS) is 17.5. The number of hydrogen-bond donors (Lipinski definition) is 1. The van der Waals surface area contributed by atoms with Gasteiger partial charge in [-0.1, -0.05) is 6.07 Å². The lowest BCUT2D eigenvalue weighted by atomic mass is 9.87. The number of ether oxygens (including phenoxy) is 1. The van der Waals surface area contributed by atoms with Crippen LogP contribution < -0.4 is 10.1 Å². The van der Waals surface area contributed by atoms with Crippen molar-refractivity contribution in [1.29, 1.82) is 0 Å².